The Bertz CT molecular complexity index is 150. The molecule has 0 heterocycles. The van der Waals surface area contributed by atoms with Crippen molar-refractivity contribution in [2.24, 2.45) is 10.9 Å². The van der Waals surface area contributed by atoms with Gasteiger partial charge in [-0.3, -0.25) is 0 Å². The maximum atomic E-state index is 8.39. The molecule has 1 atom stereocenters. The maximum Gasteiger partial charge on any atom is 0.168 e. The molecule has 0 radical (unpaired) electrons. The predicted octanol–water partition coefficient (Wildman–Crippen LogP) is 0.565. The van der Waals surface area contributed by atoms with E-state index in [0.29, 0.717) is 26.2 Å². The Labute approximate surface area is 78.5 Å². The van der Waals surface area contributed by atoms with Gasteiger partial charge in [-0.25, -0.2) is 0 Å². The molecule has 3 N–H and O–H groups in total. The average molecular weight is 190 g/mol. The van der Waals surface area contributed by atoms with Gasteiger partial charge in [-0.05, 0) is 13.3 Å². The molecule has 0 bridgehead atoms. The van der Waals surface area contributed by atoms with E-state index in [1.807, 2.05) is 13.8 Å². The third-order valence-corrected chi connectivity index (χ3v) is 1.57. The Kier molecular flexibility index (Phi) is 7.33. The summed E-state index contributed by atoms with van der Waals surface area (Å²) >= 11 is 0. The van der Waals surface area contributed by atoms with Crippen LogP contribution in [0.3, 0.4) is 0 Å². The van der Waals surface area contributed by atoms with Gasteiger partial charge in [0, 0.05) is 6.61 Å². The van der Waals surface area contributed by atoms with E-state index in [2.05, 4.69) is 5.16 Å². The minimum absolute atomic E-state index is 0.110. The van der Waals surface area contributed by atoms with Crippen LogP contribution in [0.15, 0.2) is 5.16 Å². The third kappa shape index (κ3) is 5.43. The van der Waals surface area contributed by atoms with E-state index >= 15 is 0 Å². The molecule has 0 rings (SSSR count). The first-order valence-corrected chi connectivity index (χ1v) is 4.43. The molecule has 0 fully saturated rings. The van der Waals surface area contributed by atoms with Crippen molar-refractivity contribution in [2.45, 2.75) is 26.4 Å². The van der Waals surface area contributed by atoms with Gasteiger partial charge in [-0.2, -0.15) is 0 Å². The summed E-state index contributed by atoms with van der Waals surface area (Å²) in [7, 11) is 0. The standard InChI is InChI=1S/C8H18N2O3/c1-3-7(8(9)10-11)13-6-5-12-4-2/h7,11H,3-6H2,1-2H3,(H2,9,10). The molecule has 13 heavy (non-hydrogen) atoms. The van der Waals surface area contributed by atoms with Crippen LogP contribution in [-0.4, -0.2) is 37.0 Å². The van der Waals surface area contributed by atoms with Crippen molar-refractivity contribution in [3.63, 3.8) is 0 Å². The van der Waals surface area contributed by atoms with E-state index in [0.717, 1.165) is 0 Å². The summed E-state index contributed by atoms with van der Waals surface area (Å²) in [6.45, 7) is 5.49. The maximum absolute atomic E-state index is 8.39. The van der Waals surface area contributed by atoms with Crippen molar-refractivity contribution in [3.8, 4) is 0 Å². The van der Waals surface area contributed by atoms with Crippen molar-refractivity contribution < 1.29 is 14.7 Å². The van der Waals surface area contributed by atoms with Crippen LogP contribution in [0.2, 0.25) is 0 Å². The molecule has 0 aromatic carbocycles. The minimum atomic E-state index is -0.314. The number of nitrogens with zero attached hydrogens (tertiary/aromatic N) is 1. The van der Waals surface area contributed by atoms with Crippen LogP contribution in [0, 0.1) is 0 Å². The molecular formula is C8H18N2O3. The number of amidine groups is 1. The Morgan fingerprint density at radius 1 is 1.46 bits per heavy atom. The van der Waals surface area contributed by atoms with Crippen LogP contribution >= 0.6 is 0 Å². The lowest BCUT2D eigenvalue weighted by Gasteiger charge is -2.13. The number of nitrogens with two attached hydrogens (primary N) is 1. The van der Waals surface area contributed by atoms with Crippen LogP contribution < -0.4 is 5.73 Å². The quantitative estimate of drug-likeness (QED) is 0.202. The number of oxime groups is 1. The molecule has 0 aliphatic rings. The summed E-state index contributed by atoms with van der Waals surface area (Å²) in [5.41, 5.74) is 5.38. The van der Waals surface area contributed by atoms with Crippen LogP contribution in [0.1, 0.15) is 20.3 Å². The van der Waals surface area contributed by atoms with Crippen molar-refractivity contribution in [1.29, 1.82) is 0 Å². The zero-order chi connectivity index (χ0) is 10.1. The fourth-order valence-electron chi connectivity index (χ4n) is 0.870. The summed E-state index contributed by atoms with van der Waals surface area (Å²) < 4.78 is 10.4. The number of hydrogen-bond donors (Lipinski definition) is 2. The molecule has 0 aromatic heterocycles. The van der Waals surface area contributed by atoms with E-state index < -0.39 is 0 Å². The summed E-state index contributed by atoms with van der Waals surface area (Å²) in [6, 6.07) is 0. The largest absolute Gasteiger partial charge is 0.409 e. The number of ether oxygens (including phenoxy) is 2. The van der Waals surface area contributed by atoms with Gasteiger partial charge in [0.05, 0.1) is 13.2 Å². The number of rotatable bonds is 7. The second-order valence-electron chi connectivity index (χ2n) is 2.49. The van der Waals surface area contributed by atoms with E-state index in [-0.39, 0.29) is 11.9 Å². The first kappa shape index (κ1) is 12.2. The number of hydrogen-bond acceptors (Lipinski definition) is 4. The molecule has 0 amide bonds. The molecule has 0 spiro atoms. The van der Waals surface area contributed by atoms with E-state index in [4.69, 9.17) is 20.4 Å². The van der Waals surface area contributed by atoms with Crippen molar-refractivity contribution >= 4 is 5.84 Å². The normalized spacial score (nSPS) is 14.5. The Morgan fingerprint density at radius 3 is 2.62 bits per heavy atom. The molecular weight excluding hydrogens is 172 g/mol. The lowest BCUT2D eigenvalue weighted by Crippen LogP contribution is -2.32. The highest BCUT2D eigenvalue weighted by atomic mass is 16.5. The minimum Gasteiger partial charge on any atom is -0.409 e. The monoisotopic (exact) mass is 190 g/mol. The Hall–Kier alpha value is -0.810. The van der Waals surface area contributed by atoms with Crippen LogP contribution in [0.5, 0.6) is 0 Å². The van der Waals surface area contributed by atoms with E-state index in [9.17, 15) is 0 Å². The third-order valence-electron chi connectivity index (χ3n) is 1.57. The molecule has 0 aliphatic heterocycles. The van der Waals surface area contributed by atoms with Gasteiger partial charge in [-0.15, -0.1) is 0 Å². The van der Waals surface area contributed by atoms with Crippen LogP contribution in [0.25, 0.3) is 0 Å². The van der Waals surface area contributed by atoms with Crippen molar-refractivity contribution in [3.05, 3.63) is 0 Å². The molecule has 5 heteroatoms. The molecule has 0 saturated heterocycles. The van der Waals surface area contributed by atoms with Crippen molar-refractivity contribution in [2.75, 3.05) is 19.8 Å². The lowest BCUT2D eigenvalue weighted by molar-refractivity contribution is 0.0313. The van der Waals surface area contributed by atoms with E-state index in [1.165, 1.54) is 0 Å². The fraction of sp³-hybridized carbons (Fsp3) is 0.875. The molecule has 0 saturated carbocycles. The van der Waals surface area contributed by atoms with Crippen molar-refractivity contribution in [1.82, 2.24) is 0 Å². The highest BCUT2D eigenvalue weighted by molar-refractivity contribution is 5.84. The summed E-state index contributed by atoms with van der Waals surface area (Å²) in [6.07, 6.45) is 0.368. The average Bonchev–Trinajstić information content (AvgIpc) is 2.17. The van der Waals surface area contributed by atoms with Crippen LogP contribution in [-0.2, 0) is 9.47 Å². The highest BCUT2D eigenvalue weighted by Gasteiger charge is 2.11. The summed E-state index contributed by atoms with van der Waals surface area (Å²) in [5, 5.41) is 11.3. The zero-order valence-electron chi connectivity index (χ0n) is 8.19. The van der Waals surface area contributed by atoms with Gasteiger partial charge < -0.3 is 20.4 Å². The lowest BCUT2D eigenvalue weighted by atomic mass is 10.2. The Balaban J connectivity index is 3.60. The van der Waals surface area contributed by atoms with Gasteiger partial charge >= 0.3 is 0 Å². The highest BCUT2D eigenvalue weighted by Crippen LogP contribution is 1.97. The molecule has 0 aromatic rings. The molecule has 1 unspecified atom stereocenters. The van der Waals surface area contributed by atoms with Gasteiger partial charge in [0.2, 0.25) is 0 Å². The summed E-state index contributed by atoms with van der Waals surface area (Å²) in [5.74, 6) is 0.110. The smallest absolute Gasteiger partial charge is 0.168 e. The first-order chi connectivity index (χ1) is 6.26. The Morgan fingerprint density at radius 2 is 2.15 bits per heavy atom. The second-order valence-corrected chi connectivity index (χ2v) is 2.49. The fourth-order valence-corrected chi connectivity index (χ4v) is 0.870. The van der Waals surface area contributed by atoms with Gasteiger partial charge in [-0.1, -0.05) is 12.1 Å². The zero-order valence-corrected chi connectivity index (χ0v) is 8.19. The first-order valence-electron chi connectivity index (χ1n) is 4.43. The van der Waals surface area contributed by atoms with Crippen LogP contribution in [0.4, 0.5) is 0 Å². The van der Waals surface area contributed by atoms with Gasteiger partial charge in [0.1, 0.15) is 6.10 Å². The summed E-state index contributed by atoms with van der Waals surface area (Å²) in [4.78, 5) is 0. The topological polar surface area (TPSA) is 77.1 Å². The van der Waals surface area contributed by atoms with Gasteiger partial charge in [0.15, 0.2) is 5.84 Å². The second kappa shape index (κ2) is 7.82. The molecule has 5 nitrogen and oxygen atoms in total. The van der Waals surface area contributed by atoms with Gasteiger partial charge in [0.25, 0.3) is 0 Å². The molecule has 78 valence electrons. The van der Waals surface area contributed by atoms with E-state index in [1.54, 1.807) is 0 Å². The SMILES string of the molecule is CCOCCOC(CC)C(N)=NO. The molecule has 0 aliphatic carbocycles. The predicted molar refractivity (Wildman–Crippen MR) is 49.9 cm³/mol.